The van der Waals surface area contributed by atoms with Gasteiger partial charge in [-0.25, -0.2) is 4.79 Å². The van der Waals surface area contributed by atoms with Crippen molar-refractivity contribution in [2.24, 2.45) is 7.05 Å². The topological polar surface area (TPSA) is 77.4 Å². The summed E-state index contributed by atoms with van der Waals surface area (Å²) in [6.45, 7) is 5.50. The van der Waals surface area contributed by atoms with E-state index in [1.165, 1.54) is 24.5 Å². The number of rotatable bonds is 8. The number of ether oxygens (including phenoxy) is 1. The zero-order chi connectivity index (χ0) is 20.0. The minimum atomic E-state index is -0.929. The summed E-state index contributed by atoms with van der Waals surface area (Å²) in [5, 5.41) is 2.85. The first kappa shape index (κ1) is 20.4. The fourth-order valence-corrected chi connectivity index (χ4v) is 2.83. The highest BCUT2D eigenvalue weighted by Gasteiger charge is 2.22. The van der Waals surface area contributed by atoms with Crippen molar-refractivity contribution in [1.82, 2.24) is 9.88 Å². The summed E-state index contributed by atoms with van der Waals surface area (Å²) in [7, 11) is 1.65. The molecule has 0 aliphatic carbocycles. The number of carbonyl (C=O) groups is 3. The van der Waals surface area contributed by atoms with Gasteiger partial charge in [0.2, 0.25) is 0 Å². The first-order chi connectivity index (χ1) is 12.8. The maximum absolute atomic E-state index is 12.3. The predicted molar refractivity (Wildman–Crippen MR) is 103 cm³/mol. The fourth-order valence-electron chi connectivity index (χ4n) is 2.83. The van der Waals surface area contributed by atoms with E-state index in [1.54, 1.807) is 13.2 Å². The molecule has 0 saturated carbocycles. The van der Waals surface area contributed by atoms with Gasteiger partial charge in [-0.15, -0.1) is 0 Å². The molecule has 0 spiro atoms. The molecule has 2 atom stereocenters. The average Bonchev–Trinajstić information content (AvgIpc) is 3.05. The quantitative estimate of drug-likeness (QED) is 0.572. The van der Waals surface area contributed by atoms with Gasteiger partial charge in [-0.1, -0.05) is 37.3 Å². The predicted octanol–water partition coefficient (Wildman–Crippen LogP) is 3.08. The van der Waals surface area contributed by atoms with Crippen LogP contribution < -0.4 is 5.32 Å². The van der Waals surface area contributed by atoms with E-state index in [2.05, 4.69) is 12.2 Å². The zero-order valence-corrected chi connectivity index (χ0v) is 16.2. The van der Waals surface area contributed by atoms with Gasteiger partial charge in [-0.2, -0.15) is 0 Å². The van der Waals surface area contributed by atoms with E-state index in [0.717, 1.165) is 12.0 Å². The highest BCUT2D eigenvalue weighted by atomic mass is 16.5. The number of aromatic nitrogens is 1. The number of hydrogen-bond acceptors (Lipinski definition) is 4. The summed E-state index contributed by atoms with van der Waals surface area (Å²) in [4.78, 5) is 36.0. The molecule has 0 unspecified atom stereocenters. The van der Waals surface area contributed by atoms with Crippen LogP contribution in [0.2, 0.25) is 0 Å². The first-order valence-electron chi connectivity index (χ1n) is 9.04. The van der Waals surface area contributed by atoms with E-state index in [9.17, 15) is 14.4 Å². The summed E-state index contributed by atoms with van der Waals surface area (Å²) < 4.78 is 6.78. The van der Waals surface area contributed by atoms with Crippen molar-refractivity contribution in [1.29, 1.82) is 0 Å². The van der Waals surface area contributed by atoms with Crippen molar-refractivity contribution < 1.29 is 19.1 Å². The Hall–Kier alpha value is -2.89. The van der Waals surface area contributed by atoms with Crippen LogP contribution in [-0.4, -0.2) is 34.9 Å². The Morgan fingerprint density at radius 3 is 2.41 bits per heavy atom. The maximum Gasteiger partial charge on any atom is 0.355 e. The van der Waals surface area contributed by atoms with Crippen molar-refractivity contribution in [2.45, 2.75) is 39.2 Å². The van der Waals surface area contributed by atoms with Crippen LogP contribution >= 0.6 is 0 Å². The molecular formula is C21H26N2O4. The third-order valence-electron chi connectivity index (χ3n) is 4.56. The molecule has 2 aromatic rings. The second kappa shape index (κ2) is 9.16. The molecule has 0 aliphatic heterocycles. The van der Waals surface area contributed by atoms with Crippen molar-refractivity contribution in [2.75, 3.05) is 6.54 Å². The Labute approximate surface area is 159 Å². The average molecular weight is 370 g/mol. The molecule has 2 rings (SSSR count). The van der Waals surface area contributed by atoms with E-state index in [-0.39, 0.29) is 23.3 Å². The third-order valence-corrected chi connectivity index (χ3v) is 4.56. The van der Waals surface area contributed by atoms with Crippen LogP contribution in [0.5, 0.6) is 0 Å². The number of esters is 1. The smallest absolute Gasteiger partial charge is 0.355 e. The van der Waals surface area contributed by atoms with Gasteiger partial charge in [0.25, 0.3) is 5.91 Å². The molecule has 0 radical (unpaired) electrons. The maximum atomic E-state index is 12.3. The van der Waals surface area contributed by atoms with Gasteiger partial charge in [-0.3, -0.25) is 9.59 Å². The summed E-state index contributed by atoms with van der Waals surface area (Å²) >= 11 is 0. The Morgan fingerprint density at radius 1 is 1.19 bits per heavy atom. The Bertz CT molecular complexity index is 811. The first-order valence-corrected chi connectivity index (χ1v) is 9.04. The van der Waals surface area contributed by atoms with E-state index >= 15 is 0 Å². The Kier molecular flexibility index (Phi) is 6.93. The number of Topliss-reactive ketones (excluding diaryl/α,β-unsaturated/α-hetero) is 1. The number of ketones is 1. The van der Waals surface area contributed by atoms with E-state index in [4.69, 9.17) is 4.74 Å². The van der Waals surface area contributed by atoms with Gasteiger partial charge in [-0.05, 0) is 31.9 Å². The molecule has 1 aromatic heterocycles. The molecule has 1 N–H and O–H groups in total. The van der Waals surface area contributed by atoms with Crippen molar-refractivity contribution in [3.05, 3.63) is 59.4 Å². The lowest BCUT2D eigenvalue weighted by Gasteiger charge is -2.18. The van der Waals surface area contributed by atoms with Crippen LogP contribution in [0.15, 0.2) is 42.6 Å². The number of hydrogen-bond donors (Lipinski definition) is 1. The van der Waals surface area contributed by atoms with Crippen LogP contribution in [0.3, 0.4) is 0 Å². The van der Waals surface area contributed by atoms with Crippen molar-refractivity contribution >= 4 is 17.7 Å². The Morgan fingerprint density at radius 2 is 1.85 bits per heavy atom. The van der Waals surface area contributed by atoms with Gasteiger partial charge in [0.15, 0.2) is 11.9 Å². The summed E-state index contributed by atoms with van der Waals surface area (Å²) in [5.41, 5.74) is 1.82. The normalized spacial score (nSPS) is 12.9. The van der Waals surface area contributed by atoms with Crippen LogP contribution in [0.4, 0.5) is 0 Å². The summed E-state index contributed by atoms with van der Waals surface area (Å²) in [6.07, 6.45) is 1.52. The SMILES string of the molecule is CC[C@@H](CNC(=O)[C@H](C)OC(=O)c1cc(C(C)=O)cn1C)c1ccccc1. The zero-order valence-electron chi connectivity index (χ0n) is 16.2. The van der Waals surface area contributed by atoms with Crippen molar-refractivity contribution in [3.63, 3.8) is 0 Å². The molecular weight excluding hydrogens is 344 g/mol. The van der Waals surface area contributed by atoms with Gasteiger partial charge in [0, 0.05) is 31.3 Å². The van der Waals surface area contributed by atoms with Gasteiger partial charge in [0.05, 0.1) is 0 Å². The molecule has 1 aromatic carbocycles. The number of nitrogens with one attached hydrogen (secondary N) is 1. The fraction of sp³-hybridized carbons (Fsp3) is 0.381. The molecule has 6 heteroatoms. The molecule has 0 bridgehead atoms. The third kappa shape index (κ3) is 5.29. The van der Waals surface area contributed by atoms with E-state index in [0.29, 0.717) is 12.1 Å². The second-order valence-electron chi connectivity index (χ2n) is 6.59. The lowest BCUT2D eigenvalue weighted by molar-refractivity contribution is -0.129. The van der Waals surface area contributed by atoms with E-state index in [1.807, 2.05) is 30.3 Å². The largest absolute Gasteiger partial charge is 0.448 e. The second-order valence-corrected chi connectivity index (χ2v) is 6.59. The molecule has 0 fully saturated rings. The monoisotopic (exact) mass is 370 g/mol. The summed E-state index contributed by atoms with van der Waals surface area (Å²) in [6, 6.07) is 11.4. The lowest BCUT2D eigenvalue weighted by Crippen LogP contribution is -2.38. The van der Waals surface area contributed by atoms with Crippen LogP contribution in [0, 0.1) is 0 Å². The number of nitrogens with zero attached hydrogens (tertiary/aromatic N) is 1. The van der Waals surface area contributed by atoms with Crippen molar-refractivity contribution in [3.8, 4) is 0 Å². The van der Waals surface area contributed by atoms with Crippen LogP contribution in [0.25, 0.3) is 0 Å². The number of carbonyl (C=O) groups excluding carboxylic acids is 3. The molecule has 1 amide bonds. The molecule has 6 nitrogen and oxygen atoms in total. The van der Waals surface area contributed by atoms with Crippen LogP contribution in [-0.2, 0) is 16.6 Å². The number of amides is 1. The molecule has 1 heterocycles. The molecule has 0 saturated heterocycles. The molecule has 144 valence electrons. The Balaban J connectivity index is 1.93. The minimum absolute atomic E-state index is 0.137. The van der Waals surface area contributed by atoms with Gasteiger partial charge >= 0.3 is 5.97 Å². The van der Waals surface area contributed by atoms with Gasteiger partial charge in [0.1, 0.15) is 5.69 Å². The minimum Gasteiger partial charge on any atom is -0.448 e. The summed E-state index contributed by atoms with van der Waals surface area (Å²) in [5.74, 6) is -0.924. The molecule has 27 heavy (non-hydrogen) atoms. The number of benzene rings is 1. The van der Waals surface area contributed by atoms with E-state index < -0.39 is 12.1 Å². The number of aryl methyl sites for hydroxylation is 1. The highest BCUT2D eigenvalue weighted by molar-refractivity contribution is 5.98. The van der Waals surface area contributed by atoms with Crippen LogP contribution in [0.1, 0.15) is 59.5 Å². The highest BCUT2D eigenvalue weighted by Crippen LogP contribution is 2.18. The standard InChI is InChI=1S/C21H26N2O4/c1-5-16(17-9-7-6-8-10-17)12-22-20(25)15(3)27-21(26)19-11-18(14(2)24)13-23(19)4/h6-11,13,15-16H,5,12H2,1-4H3,(H,22,25)/t15-,16-/m0/s1. The lowest BCUT2D eigenvalue weighted by atomic mass is 9.96. The molecule has 0 aliphatic rings. The van der Waals surface area contributed by atoms with Gasteiger partial charge < -0.3 is 14.6 Å².